The molecule has 0 aromatic heterocycles. The van der Waals surface area contributed by atoms with Crippen molar-refractivity contribution in [3.8, 4) is 0 Å². The molecule has 2 aliphatic heterocycles. The van der Waals surface area contributed by atoms with E-state index in [1.165, 1.54) is 12.8 Å². The number of nitrogens with one attached hydrogen (secondary N) is 1. The summed E-state index contributed by atoms with van der Waals surface area (Å²) in [4.78, 5) is 14.1. The molecular formula is C15H18BrN3O2. The molecular weight excluding hydrogens is 334 g/mol. The van der Waals surface area contributed by atoms with Crippen molar-refractivity contribution in [2.24, 2.45) is 5.73 Å². The molecule has 1 saturated carbocycles. The Labute approximate surface area is 131 Å². The van der Waals surface area contributed by atoms with E-state index in [1.807, 2.05) is 12.1 Å². The Hall–Kier alpha value is -1.11. The first-order valence-electron chi connectivity index (χ1n) is 7.43. The lowest BCUT2D eigenvalue weighted by Gasteiger charge is -2.40. The first kappa shape index (κ1) is 13.5. The highest BCUT2D eigenvalue weighted by Crippen LogP contribution is 2.41. The number of hydrogen-bond donors (Lipinski definition) is 2. The highest BCUT2D eigenvalue weighted by Gasteiger charge is 2.38. The number of nitrogens with zero attached hydrogens (tertiary/aromatic N) is 1. The minimum absolute atomic E-state index is 0.130. The summed E-state index contributed by atoms with van der Waals surface area (Å²) in [7, 11) is 0. The van der Waals surface area contributed by atoms with E-state index >= 15 is 0 Å². The van der Waals surface area contributed by atoms with Gasteiger partial charge in [-0.05, 0) is 47.3 Å². The topological polar surface area (TPSA) is 67.6 Å². The molecule has 5 nitrogen and oxygen atoms in total. The van der Waals surface area contributed by atoms with Crippen LogP contribution < -0.4 is 16.0 Å². The second kappa shape index (κ2) is 4.97. The smallest absolute Gasteiger partial charge is 0.245 e. The first-order chi connectivity index (χ1) is 10.1. The van der Waals surface area contributed by atoms with Gasteiger partial charge in [0.05, 0.1) is 24.4 Å². The molecule has 3 N–H and O–H groups in total. The number of halogens is 1. The van der Waals surface area contributed by atoms with Gasteiger partial charge < -0.3 is 20.7 Å². The van der Waals surface area contributed by atoms with E-state index < -0.39 is 6.04 Å². The number of ether oxygens (including phenoxy) is 1. The van der Waals surface area contributed by atoms with E-state index in [-0.39, 0.29) is 5.91 Å². The Kier molecular flexibility index (Phi) is 3.20. The van der Waals surface area contributed by atoms with E-state index in [9.17, 15) is 4.79 Å². The van der Waals surface area contributed by atoms with Crippen LogP contribution in [0.15, 0.2) is 16.6 Å². The third kappa shape index (κ3) is 2.08. The normalized spacial score (nSPS) is 31.0. The van der Waals surface area contributed by atoms with Gasteiger partial charge in [0.15, 0.2) is 0 Å². The van der Waals surface area contributed by atoms with E-state index in [4.69, 9.17) is 10.5 Å². The molecule has 1 aromatic carbocycles. The Morgan fingerprint density at radius 3 is 3.10 bits per heavy atom. The molecule has 21 heavy (non-hydrogen) atoms. The highest BCUT2D eigenvalue weighted by atomic mass is 79.9. The monoisotopic (exact) mass is 351 g/mol. The Morgan fingerprint density at radius 2 is 2.24 bits per heavy atom. The SMILES string of the molecule is NC1C(=O)Nc2cc(N3CCOC4CCCC43)c(Br)cc21. The van der Waals surface area contributed by atoms with Crippen molar-refractivity contribution in [2.45, 2.75) is 37.5 Å². The molecule has 3 aliphatic rings. The van der Waals surface area contributed by atoms with Crippen LogP contribution in [-0.4, -0.2) is 31.2 Å². The van der Waals surface area contributed by atoms with Gasteiger partial charge >= 0.3 is 0 Å². The molecule has 6 heteroatoms. The molecule has 2 fully saturated rings. The summed E-state index contributed by atoms with van der Waals surface area (Å²) in [6, 6.07) is 3.91. The van der Waals surface area contributed by atoms with Crippen LogP contribution in [0.3, 0.4) is 0 Å². The van der Waals surface area contributed by atoms with Crippen molar-refractivity contribution in [3.63, 3.8) is 0 Å². The first-order valence-corrected chi connectivity index (χ1v) is 8.22. The minimum Gasteiger partial charge on any atom is -0.374 e. The maximum absolute atomic E-state index is 11.7. The van der Waals surface area contributed by atoms with Crippen molar-refractivity contribution in [1.29, 1.82) is 0 Å². The minimum atomic E-state index is -0.561. The maximum atomic E-state index is 11.7. The molecule has 1 aromatic rings. The summed E-state index contributed by atoms with van der Waals surface area (Å²) in [5.74, 6) is -0.130. The third-order valence-corrected chi connectivity index (χ3v) is 5.42. The fraction of sp³-hybridized carbons (Fsp3) is 0.533. The molecule has 1 amide bonds. The average molecular weight is 352 g/mol. The van der Waals surface area contributed by atoms with Crippen LogP contribution in [0.25, 0.3) is 0 Å². The molecule has 3 unspecified atom stereocenters. The quantitative estimate of drug-likeness (QED) is 0.813. The second-order valence-electron chi connectivity index (χ2n) is 5.96. The Balaban J connectivity index is 1.72. The lowest BCUT2D eigenvalue weighted by molar-refractivity contribution is -0.116. The number of carbonyl (C=O) groups is 1. The maximum Gasteiger partial charge on any atom is 0.245 e. The van der Waals surface area contributed by atoms with Gasteiger partial charge in [0.1, 0.15) is 6.04 Å². The van der Waals surface area contributed by atoms with E-state index in [1.54, 1.807) is 0 Å². The van der Waals surface area contributed by atoms with E-state index in [2.05, 4.69) is 26.1 Å². The van der Waals surface area contributed by atoms with Gasteiger partial charge in [-0.2, -0.15) is 0 Å². The van der Waals surface area contributed by atoms with Gasteiger partial charge in [0, 0.05) is 22.3 Å². The summed E-state index contributed by atoms with van der Waals surface area (Å²) in [5.41, 5.74) is 8.74. The zero-order chi connectivity index (χ0) is 14.6. The van der Waals surface area contributed by atoms with Crippen LogP contribution in [0.4, 0.5) is 11.4 Å². The summed E-state index contributed by atoms with van der Waals surface area (Å²) < 4.78 is 6.87. The van der Waals surface area contributed by atoms with Crippen LogP contribution >= 0.6 is 15.9 Å². The Bertz CT molecular complexity index is 607. The van der Waals surface area contributed by atoms with Crippen molar-refractivity contribution in [3.05, 3.63) is 22.2 Å². The number of morpholine rings is 1. The second-order valence-corrected chi connectivity index (χ2v) is 6.81. The largest absolute Gasteiger partial charge is 0.374 e. The van der Waals surface area contributed by atoms with Crippen LogP contribution in [0.1, 0.15) is 30.9 Å². The van der Waals surface area contributed by atoms with Gasteiger partial charge in [0.2, 0.25) is 5.91 Å². The molecule has 3 atom stereocenters. The number of anilines is 2. The summed E-state index contributed by atoms with van der Waals surface area (Å²) in [5, 5.41) is 2.87. The van der Waals surface area contributed by atoms with Gasteiger partial charge in [0.25, 0.3) is 0 Å². The molecule has 4 rings (SSSR count). The zero-order valence-corrected chi connectivity index (χ0v) is 13.2. The lowest BCUT2D eigenvalue weighted by atomic mass is 10.1. The van der Waals surface area contributed by atoms with Crippen molar-refractivity contribution < 1.29 is 9.53 Å². The number of nitrogens with two attached hydrogens (primary N) is 1. The third-order valence-electron chi connectivity index (χ3n) is 4.79. The predicted octanol–water partition coefficient (Wildman–Crippen LogP) is 2.16. The summed E-state index contributed by atoms with van der Waals surface area (Å²) >= 11 is 3.65. The Morgan fingerprint density at radius 1 is 1.38 bits per heavy atom. The van der Waals surface area contributed by atoms with Crippen LogP contribution in [0, 0.1) is 0 Å². The van der Waals surface area contributed by atoms with Crippen LogP contribution in [0.5, 0.6) is 0 Å². The van der Waals surface area contributed by atoms with Gasteiger partial charge in [-0.25, -0.2) is 0 Å². The molecule has 2 heterocycles. The van der Waals surface area contributed by atoms with Gasteiger partial charge in [-0.1, -0.05) is 0 Å². The van der Waals surface area contributed by atoms with Gasteiger partial charge in [-0.3, -0.25) is 4.79 Å². The number of amides is 1. The number of hydrogen-bond acceptors (Lipinski definition) is 4. The fourth-order valence-corrected chi connectivity index (χ4v) is 4.33. The lowest BCUT2D eigenvalue weighted by Crippen LogP contribution is -2.48. The molecule has 0 radical (unpaired) electrons. The molecule has 1 saturated heterocycles. The van der Waals surface area contributed by atoms with Crippen LogP contribution in [0.2, 0.25) is 0 Å². The van der Waals surface area contributed by atoms with Crippen molar-refractivity contribution >= 4 is 33.2 Å². The number of fused-ring (bicyclic) bond motifs is 2. The predicted molar refractivity (Wildman–Crippen MR) is 84.4 cm³/mol. The van der Waals surface area contributed by atoms with Crippen LogP contribution in [-0.2, 0) is 9.53 Å². The highest BCUT2D eigenvalue weighted by molar-refractivity contribution is 9.10. The number of rotatable bonds is 1. The standard InChI is InChI=1S/C15H18BrN3O2/c16-9-6-8-10(18-15(20)14(8)17)7-12(9)19-4-5-21-13-3-1-2-11(13)19/h6-7,11,13-14H,1-5,17H2,(H,18,20). The summed E-state index contributed by atoms with van der Waals surface area (Å²) in [6.07, 6.45) is 3.87. The molecule has 1 aliphatic carbocycles. The molecule has 0 bridgehead atoms. The zero-order valence-electron chi connectivity index (χ0n) is 11.6. The van der Waals surface area contributed by atoms with Crippen molar-refractivity contribution in [2.75, 3.05) is 23.4 Å². The number of benzene rings is 1. The molecule has 112 valence electrons. The fourth-order valence-electron chi connectivity index (χ4n) is 3.74. The van der Waals surface area contributed by atoms with Crippen molar-refractivity contribution in [1.82, 2.24) is 0 Å². The van der Waals surface area contributed by atoms with Gasteiger partial charge in [-0.15, -0.1) is 0 Å². The number of carbonyl (C=O) groups excluding carboxylic acids is 1. The average Bonchev–Trinajstić information content (AvgIpc) is 3.05. The van der Waals surface area contributed by atoms with E-state index in [0.717, 1.165) is 41.0 Å². The summed E-state index contributed by atoms with van der Waals surface area (Å²) in [6.45, 7) is 1.65. The molecule has 0 spiro atoms. The van der Waals surface area contributed by atoms with E-state index in [0.29, 0.717) is 12.1 Å².